The Morgan fingerprint density at radius 3 is 2.77 bits per heavy atom. The summed E-state index contributed by atoms with van der Waals surface area (Å²) in [6.07, 6.45) is 3.08. The number of hydrogen-bond acceptors (Lipinski definition) is 6. The van der Waals surface area contributed by atoms with Crippen molar-refractivity contribution in [3.63, 3.8) is 0 Å². The summed E-state index contributed by atoms with van der Waals surface area (Å²) >= 11 is 6.02. The van der Waals surface area contributed by atoms with Crippen LogP contribution in [0.3, 0.4) is 0 Å². The molecule has 164 valence electrons. The van der Waals surface area contributed by atoms with Gasteiger partial charge in [0.1, 0.15) is 18.4 Å². The first-order valence-electron chi connectivity index (χ1n) is 10.4. The molecule has 31 heavy (non-hydrogen) atoms. The second-order valence-corrected chi connectivity index (χ2v) is 8.35. The van der Waals surface area contributed by atoms with Gasteiger partial charge in [-0.15, -0.1) is 10.2 Å². The molecule has 1 aromatic carbocycles. The van der Waals surface area contributed by atoms with Crippen LogP contribution in [-0.4, -0.2) is 44.9 Å². The van der Waals surface area contributed by atoms with E-state index in [1.807, 2.05) is 25.1 Å². The number of likely N-dealkylation sites (tertiary alicyclic amines) is 1. The standard InChI is InChI=1S/C22H24ClN3O5/c1-13-5-4-6-16(14-8-9-14)19(13)31-20-15(11-18(23)24-25-20)12-30-21(27)17-7-2-3-10-26(17)22(28)29/h4-6,11,14,17H,2-3,7-10,12H2,1H3,(H,28,29). The summed E-state index contributed by atoms with van der Waals surface area (Å²) in [6.45, 7) is 2.15. The van der Waals surface area contributed by atoms with E-state index >= 15 is 0 Å². The lowest BCUT2D eigenvalue weighted by Crippen LogP contribution is -2.48. The lowest BCUT2D eigenvalue weighted by Gasteiger charge is -2.31. The topological polar surface area (TPSA) is 102 Å². The van der Waals surface area contributed by atoms with Crippen molar-refractivity contribution >= 4 is 23.7 Å². The van der Waals surface area contributed by atoms with Crippen molar-refractivity contribution in [3.05, 3.63) is 46.1 Å². The van der Waals surface area contributed by atoms with Gasteiger partial charge in [0.2, 0.25) is 5.88 Å². The van der Waals surface area contributed by atoms with Crippen LogP contribution >= 0.6 is 11.6 Å². The Bertz CT molecular complexity index is 995. The van der Waals surface area contributed by atoms with Crippen molar-refractivity contribution in [2.45, 2.75) is 57.6 Å². The van der Waals surface area contributed by atoms with Crippen LogP contribution in [0.5, 0.6) is 11.6 Å². The van der Waals surface area contributed by atoms with E-state index in [0.29, 0.717) is 24.4 Å². The maximum atomic E-state index is 12.6. The van der Waals surface area contributed by atoms with Crippen LogP contribution in [0.4, 0.5) is 4.79 Å². The highest BCUT2D eigenvalue weighted by molar-refractivity contribution is 6.29. The molecule has 9 heteroatoms. The zero-order valence-corrected chi connectivity index (χ0v) is 18.0. The summed E-state index contributed by atoms with van der Waals surface area (Å²) < 4.78 is 11.6. The van der Waals surface area contributed by atoms with Crippen LogP contribution < -0.4 is 4.74 Å². The van der Waals surface area contributed by atoms with Gasteiger partial charge in [0.15, 0.2) is 5.15 Å². The number of nitrogens with zero attached hydrogens (tertiary/aromatic N) is 3. The van der Waals surface area contributed by atoms with Crippen molar-refractivity contribution in [1.29, 1.82) is 0 Å². The Morgan fingerprint density at radius 2 is 2.03 bits per heavy atom. The highest BCUT2D eigenvalue weighted by Gasteiger charge is 2.33. The van der Waals surface area contributed by atoms with Crippen molar-refractivity contribution in [1.82, 2.24) is 15.1 Å². The number of esters is 1. The Kier molecular flexibility index (Phi) is 6.27. The lowest BCUT2D eigenvalue weighted by molar-refractivity contribution is -0.151. The van der Waals surface area contributed by atoms with Crippen LogP contribution in [0.1, 0.15) is 54.7 Å². The van der Waals surface area contributed by atoms with Gasteiger partial charge in [0, 0.05) is 6.54 Å². The van der Waals surface area contributed by atoms with Crippen molar-refractivity contribution in [2.75, 3.05) is 6.54 Å². The molecule has 8 nitrogen and oxygen atoms in total. The van der Waals surface area contributed by atoms with E-state index in [0.717, 1.165) is 47.5 Å². The predicted molar refractivity (Wildman–Crippen MR) is 112 cm³/mol. The number of benzene rings is 1. The van der Waals surface area contributed by atoms with Gasteiger partial charge in [-0.05, 0) is 62.1 Å². The van der Waals surface area contributed by atoms with Gasteiger partial charge in [-0.25, -0.2) is 9.59 Å². The second kappa shape index (κ2) is 9.09. The third kappa shape index (κ3) is 4.90. The number of aryl methyl sites for hydroxylation is 1. The molecule has 1 N–H and O–H groups in total. The third-order valence-electron chi connectivity index (χ3n) is 5.65. The summed E-state index contributed by atoms with van der Waals surface area (Å²) in [6, 6.07) is 6.76. The molecule has 1 aromatic heterocycles. The minimum absolute atomic E-state index is 0.141. The van der Waals surface area contributed by atoms with E-state index in [2.05, 4.69) is 10.2 Å². The van der Waals surface area contributed by atoms with Crippen molar-refractivity contribution in [3.8, 4) is 11.6 Å². The van der Waals surface area contributed by atoms with Crippen LogP contribution in [-0.2, 0) is 16.1 Å². The van der Waals surface area contributed by atoms with Crippen LogP contribution in [0, 0.1) is 6.92 Å². The molecular weight excluding hydrogens is 422 g/mol. The number of carbonyl (C=O) groups is 2. The quantitative estimate of drug-likeness (QED) is 0.643. The van der Waals surface area contributed by atoms with E-state index in [1.165, 1.54) is 0 Å². The molecule has 1 atom stereocenters. The van der Waals surface area contributed by atoms with Gasteiger partial charge < -0.3 is 14.6 Å². The average Bonchev–Trinajstić information content (AvgIpc) is 3.60. The fourth-order valence-electron chi connectivity index (χ4n) is 3.86. The number of carboxylic acid groups (broad SMARTS) is 1. The monoisotopic (exact) mass is 445 g/mol. The molecule has 2 fully saturated rings. The fraction of sp³-hybridized carbons (Fsp3) is 0.455. The Morgan fingerprint density at radius 1 is 1.23 bits per heavy atom. The van der Waals surface area contributed by atoms with E-state index in [1.54, 1.807) is 6.07 Å². The van der Waals surface area contributed by atoms with E-state index < -0.39 is 18.1 Å². The smallest absolute Gasteiger partial charge is 0.408 e. The zero-order valence-electron chi connectivity index (χ0n) is 17.2. The Balaban J connectivity index is 1.52. The summed E-state index contributed by atoms with van der Waals surface area (Å²) in [5, 5.41) is 17.4. The van der Waals surface area contributed by atoms with Crippen molar-refractivity contribution in [2.24, 2.45) is 0 Å². The average molecular weight is 446 g/mol. The number of halogens is 1. The van der Waals surface area contributed by atoms with Crippen LogP contribution in [0.25, 0.3) is 0 Å². The number of ether oxygens (including phenoxy) is 2. The third-order valence-corrected chi connectivity index (χ3v) is 5.84. The number of carbonyl (C=O) groups excluding carboxylic acids is 1. The minimum atomic E-state index is -1.12. The molecule has 0 spiro atoms. The van der Waals surface area contributed by atoms with E-state index in [4.69, 9.17) is 21.1 Å². The van der Waals surface area contributed by atoms with Crippen LogP contribution in [0.15, 0.2) is 24.3 Å². The van der Waals surface area contributed by atoms with Gasteiger partial charge >= 0.3 is 12.1 Å². The summed E-state index contributed by atoms with van der Waals surface area (Å²) in [5.74, 6) is 0.839. The molecule has 1 aliphatic carbocycles. The lowest BCUT2D eigenvalue weighted by atomic mass is 10.0. The van der Waals surface area contributed by atoms with Gasteiger partial charge in [0.25, 0.3) is 0 Å². The molecular formula is C22H24ClN3O5. The molecule has 2 aromatic rings. The maximum Gasteiger partial charge on any atom is 0.408 e. The largest absolute Gasteiger partial charge is 0.465 e. The Hall–Kier alpha value is -2.87. The predicted octanol–water partition coefficient (Wildman–Crippen LogP) is 4.68. The molecule has 2 aliphatic rings. The number of rotatable bonds is 6. The maximum absolute atomic E-state index is 12.6. The zero-order chi connectivity index (χ0) is 22.0. The van der Waals surface area contributed by atoms with Gasteiger partial charge in [0.05, 0.1) is 5.56 Å². The Labute approximate surface area is 185 Å². The molecule has 1 amide bonds. The first-order valence-corrected chi connectivity index (χ1v) is 10.8. The summed E-state index contributed by atoms with van der Waals surface area (Å²) in [7, 11) is 0. The van der Waals surface area contributed by atoms with Gasteiger partial charge in [-0.3, -0.25) is 4.90 Å². The van der Waals surface area contributed by atoms with Crippen LogP contribution in [0.2, 0.25) is 5.15 Å². The second-order valence-electron chi connectivity index (χ2n) is 7.96. The number of piperidine rings is 1. The minimum Gasteiger partial charge on any atom is -0.465 e. The van der Waals surface area contributed by atoms with E-state index in [9.17, 15) is 14.7 Å². The first kappa shape index (κ1) is 21.4. The number of aromatic nitrogens is 2. The molecule has 1 aliphatic heterocycles. The molecule has 2 heterocycles. The molecule has 1 saturated carbocycles. The number of para-hydroxylation sites is 1. The van der Waals surface area contributed by atoms with Crippen molar-refractivity contribution < 1.29 is 24.2 Å². The van der Waals surface area contributed by atoms with Gasteiger partial charge in [-0.1, -0.05) is 29.8 Å². The SMILES string of the molecule is Cc1cccc(C2CC2)c1Oc1nnc(Cl)cc1COC(=O)C1CCCCN1C(=O)O. The molecule has 0 radical (unpaired) electrons. The van der Waals surface area contributed by atoms with Gasteiger partial charge in [-0.2, -0.15) is 0 Å². The molecule has 0 bridgehead atoms. The number of hydrogen-bond donors (Lipinski definition) is 1. The summed E-state index contributed by atoms with van der Waals surface area (Å²) in [5.41, 5.74) is 2.57. The summed E-state index contributed by atoms with van der Waals surface area (Å²) in [4.78, 5) is 25.2. The first-order chi connectivity index (χ1) is 14.9. The normalized spacial score (nSPS) is 18.5. The van der Waals surface area contributed by atoms with E-state index in [-0.39, 0.29) is 17.6 Å². The molecule has 1 saturated heterocycles. The highest BCUT2D eigenvalue weighted by Crippen LogP contribution is 2.46. The fourth-order valence-corrected chi connectivity index (χ4v) is 4.03. The molecule has 1 unspecified atom stereocenters. The highest BCUT2D eigenvalue weighted by atomic mass is 35.5. The number of amides is 1. The molecule has 4 rings (SSSR count).